The maximum absolute atomic E-state index is 12.7. The third kappa shape index (κ3) is 3.27. The Morgan fingerprint density at radius 2 is 2.04 bits per heavy atom. The first kappa shape index (κ1) is 16.1. The van der Waals surface area contributed by atoms with Gasteiger partial charge in [0.15, 0.2) is 0 Å². The number of nitrogens with zero attached hydrogens (tertiary/aromatic N) is 1. The summed E-state index contributed by atoms with van der Waals surface area (Å²) < 4.78 is 4.89. The Morgan fingerprint density at radius 1 is 1.29 bits per heavy atom. The zero-order chi connectivity index (χ0) is 17.1. The van der Waals surface area contributed by atoms with Gasteiger partial charge in [0.05, 0.1) is 17.9 Å². The second-order valence-corrected chi connectivity index (χ2v) is 5.99. The Bertz CT molecular complexity index is 709. The second kappa shape index (κ2) is 6.78. The number of aromatic hydroxyl groups is 1. The highest BCUT2D eigenvalue weighted by molar-refractivity contribution is 5.97. The monoisotopic (exact) mass is 328 g/mol. The molecule has 1 aliphatic heterocycles. The quantitative estimate of drug-likeness (QED) is 0.903. The molecular weight excluding hydrogens is 308 g/mol. The number of rotatable bonds is 4. The molecule has 2 aromatic rings. The summed E-state index contributed by atoms with van der Waals surface area (Å²) >= 11 is 0. The average Bonchev–Trinajstić information content (AvgIpc) is 3.26. The van der Waals surface area contributed by atoms with Crippen LogP contribution in [0.2, 0.25) is 0 Å². The van der Waals surface area contributed by atoms with Crippen LogP contribution in [0.5, 0.6) is 5.75 Å². The molecule has 2 unspecified atom stereocenters. The summed E-state index contributed by atoms with van der Waals surface area (Å²) in [4.78, 5) is 26.6. The highest BCUT2D eigenvalue weighted by atomic mass is 16.3. The first-order valence-electron chi connectivity index (χ1n) is 7.98. The summed E-state index contributed by atoms with van der Waals surface area (Å²) in [5.41, 5.74) is 1.39. The maximum atomic E-state index is 12.7. The van der Waals surface area contributed by atoms with E-state index >= 15 is 0 Å². The van der Waals surface area contributed by atoms with Gasteiger partial charge >= 0.3 is 0 Å². The van der Waals surface area contributed by atoms with E-state index < -0.39 is 6.04 Å². The van der Waals surface area contributed by atoms with Gasteiger partial charge < -0.3 is 19.7 Å². The van der Waals surface area contributed by atoms with Crippen LogP contribution < -0.4 is 5.32 Å². The molecule has 1 aromatic carbocycles. The molecule has 2 heterocycles. The van der Waals surface area contributed by atoms with Gasteiger partial charge in [-0.15, -0.1) is 0 Å². The summed E-state index contributed by atoms with van der Waals surface area (Å²) in [6.45, 7) is 2.35. The minimum absolute atomic E-state index is 0.0219. The van der Waals surface area contributed by atoms with Gasteiger partial charge in [-0.05, 0) is 43.5 Å². The van der Waals surface area contributed by atoms with Gasteiger partial charge in [-0.2, -0.15) is 0 Å². The van der Waals surface area contributed by atoms with Crippen LogP contribution in [0.15, 0.2) is 47.3 Å². The van der Waals surface area contributed by atoms with E-state index in [0.717, 1.165) is 18.4 Å². The van der Waals surface area contributed by atoms with E-state index in [-0.39, 0.29) is 23.6 Å². The fourth-order valence-electron chi connectivity index (χ4n) is 3.06. The number of hydrogen-bond acceptors (Lipinski definition) is 4. The summed E-state index contributed by atoms with van der Waals surface area (Å²) in [6.07, 6.45) is 4.56. The fourth-order valence-corrected chi connectivity index (χ4v) is 3.06. The Labute approximate surface area is 140 Å². The van der Waals surface area contributed by atoms with Crippen molar-refractivity contribution in [3.05, 3.63) is 54.0 Å². The molecular formula is C18H20N2O4. The molecule has 1 fully saturated rings. The molecule has 3 rings (SSSR count). The number of amides is 2. The molecule has 0 saturated carbocycles. The molecule has 1 aliphatic rings. The molecule has 0 aliphatic carbocycles. The summed E-state index contributed by atoms with van der Waals surface area (Å²) in [5, 5.41) is 12.1. The Morgan fingerprint density at radius 3 is 2.71 bits per heavy atom. The summed E-state index contributed by atoms with van der Waals surface area (Å²) in [5.74, 6) is -0.234. The van der Waals surface area contributed by atoms with Gasteiger partial charge in [0, 0.05) is 6.54 Å². The van der Waals surface area contributed by atoms with E-state index in [1.165, 1.54) is 12.5 Å². The summed E-state index contributed by atoms with van der Waals surface area (Å²) in [7, 11) is 0. The third-order valence-electron chi connectivity index (χ3n) is 4.32. The zero-order valence-corrected chi connectivity index (χ0v) is 13.4. The van der Waals surface area contributed by atoms with Gasteiger partial charge in [-0.1, -0.05) is 12.1 Å². The topological polar surface area (TPSA) is 82.8 Å². The highest BCUT2D eigenvalue weighted by Gasteiger charge is 2.33. The molecule has 1 aromatic heterocycles. The van der Waals surface area contributed by atoms with Gasteiger partial charge in [-0.25, -0.2) is 0 Å². The third-order valence-corrected chi connectivity index (χ3v) is 4.32. The lowest BCUT2D eigenvalue weighted by Gasteiger charge is -2.28. The number of likely N-dealkylation sites (tertiary alicyclic amines) is 1. The van der Waals surface area contributed by atoms with Crippen molar-refractivity contribution >= 4 is 11.8 Å². The highest BCUT2D eigenvalue weighted by Crippen LogP contribution is 2.33. The van der Waals surface area contributed by atoms with Crippen LogP contribution in [0.3, 0.4) is 0 Å². The Hall–Kier alpha value is -2.76. The number of carbonyl (C=O) groups is 2. The van der Waals surface area contributed by atoms with Crippen LogP contribution in [0.1, 0.15) is 41.7 Å². The van der Waals surface area contributed by atoms with Gasteiger partial charge in [0.2, 0.25) is 5.91 Å². The number of phenolic OH excluding ortho intramolecular Hbond substituents is 1. The first-order valence-corrected chi connectivity index (χ1v) is 7.98. The van der Waals surface area contributed by atoms with Crippen LogP contribution in [0.25, 0.3) is 0 Å². The number of carbonyl (C=O) groups excluding carboxylic acids is 2. The standard InChI is InChI=1S/C18H20N2O4/c1-12(19-17(22)14-8-10-24-11-14)18(23)20-9-2-3-16(20)13-4-6-15(21)7-5-13/h4-8,10-12,16,21H,2-3,9H2,1H3,(H,19,22). The minimum atomic E-state index is -0.620. The van der Waals surface area contributed by atoms with Crippen molar-refractivity contribution in [2.45, 2.75) is 31.8 Å². The number of nitrogens with one attached hydrogen (secondary N) is 1. The molecule has 2 N–H and O–H groups in total. The number of hydrogen-bond donors (Lipinski definition) is 2. The largest absolute Gasteiger partial charge is 0.508 e. The van der Waals surface area contributed by atoms with Crippen molar-refractivity contribution in [1.82, 2.24) is 10.2 Å². The SMILES string of the molecule is CC(NC(=O)c1ccoc1)C(=O)N1CCCC1c1ccc(O)cc1. The first-order chi connectivity index (χ1) is 11.6. The van der Waals surface area contributed by atoms with Crippen molar-refractivity contribution in [1.29, 1.82) is 0 Å². The molecule has 126 valence electrons. The van der Waals surface area contributed by atoms with Crippen LogP contribution in [-0.4, -0.2) is 34.4 Å². The predicted molar refractivity (Wildman–Crippen MR) is 87.4 cm³/mol. The minimum Gasteiger partial charge on any atom is -0.508 e. The van der Waals surface area contributed by atoms with Crippen LogP contribution >= 0.6 is 0 Å². The van der Waals surface area contributed by atoms with E-state index in [9.17, 15) is 14.7 Å². The Kier molecular flexibility index (Phi) is 4.55. The number of benzene rings is 1. The Balaban J connectivity index is 1.68. The van der Waals surface area contributed by atoms with Gasteiger partial charge in [-0.3, -0.25) is 9.59 Å². The average molecular weight is 328 g/mol. The predicted octanol–water partition coefficient (Wildman–Crippen LogP) is 2.47. The van der Waals surface area contributed by atoms with Gasteiger partial charge in [0.1, 0.15) is 18.1 Å². The van der Waals surface area contributed by atoms with Crippen molar-refractivity contribution in [2.24, 2.45) is 0 Å². The normalized spacial score (nSPS) is 18.4. The fraction of sp³-hybridized carbons (Fsp3) is 0.333. The van der Waals surface area contributed by atoms with Crippen LogP contribution in [0, 0.1) is 0 Å². The van der Waals surface area contributed by atoms with E-state index in [1.54, 1.807) is 30.0 Å². The molecule has 6 nitrogen and oxygen atoms in total. The van der Waals surface area contributed by atoms with E-state index in [1.807, 2.05) is 12.1 Å². The van der Waals surface area contributed by atoms with Gasteiger partial charge in [0.25, 0.3) is 5.91 Å². The molecule has 0 spiro atoms. The zero-order valence-electron chi connectivity index (χ0n) is 13.4. The smallest absolute Gasteiger partial charge is 0.255 e. The molecule has 2 atom stereocenters. The number of phenols is 1. The lowest BCUT2D eigenvalue weighted by molar-refractivity contribution is -0.133. The van der Waals surface area contributed by atoms with Crippen molar-refractivity contribution in [2.75, 3.05) is 6.54 Å². The number of furan rings is 1. The van der Waals surface area contributed by atoms with Crippen LogP contribution in [0.4, 0.5) is 0 Å². The van der Waals surface area contributed by atoms with Crippen LogP contribution in [-0.2, 0) is 4.79 Å². The van der Waals surface area contributed by atoms with E-state index in [4.69, 9.17) is 4.42 Å². The van der Waals surface area contributed by atoms with Crippen molar-refractivity contribution in [3.8, 4) is 5.75 Å². The molecule has 6 heteroatoms. The lowest BCUT2D eigenvalue weighted by atomic mass is 10.0. The molecule has 0 radical (unpaired) electrons. The maximum Gasteiger partial charge on any atom is 0.255 e. The van der Waals surface area contributed by atoms with Crippen molar-refractivity contribution < 1.29 is 19.1 Å². The second-order valence-electron chi connectivity index (χ2n) is 5.99. The molecule has 24 heavy (non-hydrogen) atoms. The van der Waals surface area contributed by atoms with E-state index in [2.05, 4.69) is 5.32 Å². The summed E-state index contributed by atoms with van der Waals surface area (Å²) in [6, 6.07) is 7.83. The van der Waals surface area contributed by atoms with E-state index in [0.29, 0.717) is 12.1 Å². The lowest BCUT2D eigenvalue weighted by Crippen LogP contribution is -2.46. The van der Waals surface area contributed by atoms with Crippen molar-refractivity contribution in [3.63, 3.8) is 0 Å². The molecule has 2 amide bonds. The molecule has 0 bridgehead atoms. The molecule has 1 saturated heterocycles.